The van der Waals surface area contributed by atoms with Crippen molar-refractivity contribution in [1.82, 2.24) is 15.0 Å². The van der Waals surface area contributed by atoms with Gasteiger partial charge in [-0.15, -0.1) is 0 Å². The zero-order chi connectivity index (χ0) is 19.7. The molecule has 3 aromatic rings. The minimum absolute atomic E-state index is 0.000150. The van der Waals surface area contributed by atoms with E-state index in [1.54, 1.807) is 17.0 Å². The van der Waals surface area contributed by atoms with E-state index in [1.165, 1.54) is 19.2 Å². The second-order valence-electron chi connectivity index (χ2n) is 6.57. The van der Waals surface area contributed by atoms with Gasteiger partial charge in [-0.25, -0.2) is 4.39 Å². The van der Waals surface area contributed by atoms with Gasteiger partial charge in [-0.2, -0.15) is 4.98 Å². The number of methoxy groups -OCH3 is 1. The molecular formula is C20H17ClFN3O3. The summed E-state index contributed by atoms with van der Waals surface area (Å²) in [6.45, 7) is 0.891. The van der Waals surface area contributed by atoms with Gasteiger partial charge in [-0.05, 0) is 29.8 Å². The Kier molecular flexibility index (Phi) is 5.00. The topological polar surface area (TPSA) is 68.5 Å². The standard InChI is InChI=1S/C20H17ClFN3O3/c1-27-17-7-6-12(8-16(17)22)19-23-20(28-24-19)14-9-18(26)25(11-14)10-13-4-2-3-5-15(13)21/h2-8,14H,9-11H2,1H3. The first-order valence-corrected chi connectivity index (χ1v) is 9.11. The number of carbonyl (C=O) groups is 1. The van der Waals surface area contributed by atoms with E-state index in [9.17, 15) is 9.18 Å². The van der Waals surface area contributed by atoms with Gasteiger partial charge in [0, 0.05) is 30.1 Å². The lowest BCUT2D eigenvalue weighted by atomic mass is 10.1. The summed E-state index contributed by atoms with van der Waals surface area (Å²) >= 11 is 6.19. The lowest BCUT2D eigenvalue weighted by Gasteiger charge is -2.16. The summed E-state index contributed by atoms with van der Waals surface area (Å²) in [6, 6.07) is 11.9. The maximum Gasteiger partial charge on any atom is 0.232 e. The number of halogens is 2. The summed E-state index contributed by atoms with van der Waals surface area (Å²) in [5.74, 6) is 0.0617. The molecule has 0 bridgehead atoms. The van der Waals surface area contributed by atoms with Crippen molar-refractivity contribution in [3.8, 4) is 17.1 Å². The van der Waals surface area contributed by atoms with Gasteiger partial charge in [0.05, 0.1) is 13.0 Å². The largest absolute Gasteiger partial charge is 0.494 e. The first-order chi connectivity index (χ1) is 13.5. The number of amides is 1. The Bertz CT molecular complexity index is 1020. The number of hydrogen-bond acceptors (Lipinski definition) is 5. The Morgan fingerprint density at radius 3 is 2.89 bits per heavy atom. The smallest absolute Gasteiger partial charge is 0.232 e. The minimum Gasteiger partial charge on any atom is -0.494 e. The van der Waals surface area contributed by atoms with Crippen molar-refractivity contribution < 1.29 is 18.4 Å². The first kappa shape index (κ1) is 18.4. The molecule has 1 fully saturated rings. The molecule has 144 valence electrons. The molecule has 1 unspecified atom stereocenters. The predicted molar refractivity (Wildman–Crippen MR) is 100 cm³/mol. The number of ether oxygens (including phenoxy) is 1. The van der Waals surface area contributed by atoms with Crippen LogP contribution in [0.1, 0.15) is 23.8 Å². The number of benzene rings is 2. The molecule has 0 saturated carbocycles. The molecule has 6 nitrogen and oxygen atoms in total. The van der Waals surface area contributed by atoms with Crippen molar-refractivity contribution in [1.29, 1.82) is 0 Å². The molecule has 28 heavy (non-hydrogen) atoms. The third-order valence-electron chi connectivity index (χ3n) is 4.73. The van der Waals surface area contributed by atoms with Crippen LogP contribution in [0.4, 0.5) is 4.39 Å². The Labute approximate surface area is 165 Å². The van der Waals surface area contributed by atoms with E-state index >= 15 is 0 Å². The average molecular weight is 402 g/mol. The van der Waals surface area contributed by atoms with Crippen molar-refractivity contribution >= 4 is 17.5 Å². The molecule has 0 radical (unpaired) electrons. The molecule has 0 N–H and O–H groups in total. The maximum absolute atomic E-state index is 13.9. The fourth-order valence-electron chi connectivity index (χ4n) is 3.25. The molecule has 1 aliphatic rings. The van der Waals surface area contributed by atoms with E-state index < -0.39 is 5.82 Å². The monoisotopic (exact) mass is 401 g/mol. The number of carbonyl (C=O) groups excluding carboxylic acids is 1. The van der Waals surface area contributed by atoms with Gasteiger partial charge in [0.15, 0.2) is 11.6 Å². The van der Waals surface area contributed by atoms with Gasteiger partial charge < -0.3 is 14.2 Å². The van der Waals surface area contributed by atoms with Crippen molar-refractivity contribution in [2.45, 2.75) is 18.9 Å². The highest BCUT2D eigenvalue weighted by atomic mass is 35.5. The summed E-state index contributed by atoms with van der Waals surface area (Å²) in [5.41, 5.74) is 1.36. The van der Waals surface area contributed by atoms with E-state index in [1.807, 2.05) is 18.2 Å². The summed E-state index contributed by atoms with van der Waals surface area (Å²) in [7, 11) is 1.40. The van der Waals surface area contributed by atoms with E-state index in [4.69, 9.17) is 20.9 Å². The van der Waals surface area contributed by atoms with Gasteiger partial charge in [0.25, 0.3) is 0 Å². The van der Waals surface area contributed by atoms with Crippen LogP contribution in [0.3, 0.4) is 0 Å². The lowest BCUT2D eigenvalue weighted by molar-refractivity contribution is -0.128. The van der Waals surface area contributed by atoms with Crippen LogP contribution in [0.25, 0.3) is 11.4 Å². The van der Waals surface area contributed by atoms with Gasteiger partial charge in [-0.1, -0.05) is 35.0 Å². The van der Waals surface area contributed by atoms with Crippen LogP contribution in [-0.2, 0) is 11.3 Å². The van der Waals surface area contributed by atoms with Crippen LogP contribution >= 0.6 is 11.6 Å². The maximum atomic E-state index is 13.9. The van der Waals surface area contributed by atoms with E-state index in [-0.39, 0.29) is 29.8 Å². The van der Waals surface area contributed by atoms with Crippen LogP contribution in [0, 0.1) is 5.82 Å². The molecular weight excluding hydrogens is 385 g/mol. The fraction of sp³-hybridized carbons (Fsp3) is 0.250. The molecule has 0 spiro atoms. The lowest BCUT2D eigenvalue weighted by Crippen LogP contribution is -2.24. The second kappa shape index (κ2) is 7.59. The van der Waals surface area contributed by atoms with Crippen LogP contribution in [0.5, 0.6) is 5.75 Å². The highest BCUT2D eigenvalue weighted by Crippen LogP contribution is 2.31. The quantitative estimate of drug-likeness (QED) is 0.645. The third kappa shape index (κ3) is 3.57. The van der Waals surface area contributed by atoms with Crippen molar-refractivity contribution in [2.75, 3.05) is 13.7 Å². The van der Waals surface area contributed by atoms with Crippen LogP contribution in [0.15, 0.2) is 47.0 Å². The van der Waals surface area contributed by atoms with Gasteiger partial charge >= 0.3 is 0 Å². The fourth-order valence-corrected chi connectivity index (χ4v) is 3.44. The molecule has 2 aromatic carbocycles. The summed E-state index contributed by atoms with van der Waals surface area (Å²) in [6.07, 6.45) is 0.281. The molecule has 0 aliphatic carbocycles. The summed E-state index contributed by atoms with van der Waals surface area (Å²) in [4.78, 5) is 18.5. The molecule has 1 saturated heterocycles. The third-order valence-corrected chi connectivity index (χ3v) is 5.10. The number of rotatable bonds is 5. The predicted octanol–water partition coefficient (Wildman–Crippen LogP) is 4.05. The Morgan fingerprint density at radius 1 is 1.32 bits per heavy atom. The molecule has 8 heteroatoms. The summed E-state index contributed by atoms with van der Waals surface area (Å²) < 4.78 is 24.2. The minimum atomic E-state index is -0.506. The Morgan fingerprint density at radius 2 is 2.14 bits per heavy atom. The van der Waals surface area contributed by atoms with Crippen molar-refractivity contribution in [2.24, 2.45) is 0 Å². The molecule has 1 atom stereocenters. The molecule has 4 rings (SSSR count). The van der Waals surface area contributed by atoms with Crippen LogP contribution in [-0.4, -0.2) is 34.6 Å². The van der Waals surface area contributed by atoms with Gasteiger partial charge in [-0.3, -0.25) is 4.79 Å². The number of likely N-dealkylation sites (tertiary alicyclic amines) is 1. The molecule has 2 heterocycles. The SMILES string of the molecule is COc1ccc(-c2noc(C3CC(=O)N(Cc4ccccc4Cl)C3)n2)cc1F. The number of aromatic nitrogens is 2. The van der Waals surface area contributed by atoms with Gasteiger partial charge in [0.1, 0.15) is 0 Å². The zero-order valence-corrected chi connectivity index (χ0v) is 15.8. The highest BCUT2D eigenvalue weighted by molar-refractivity contribution is 6.31. The zero-order valence-electron chi connectivity index (χ0n) is 15.1. The second-order valence-corrected chi connectivity index (χ2v) is 6.98. The van der Waals surface area contributed by atoms with Crippen molar-refractivity contribution in [3.05, 3.63) is 64.8 Å². The first-order valence-electron chi connectivity index (χ1n) is 8.74. The molecule has 1 aromatic heterocycles. The summed E-state index contributed by atoms with van der Waals surface area (Å²) in [5, 5.41) is 4.56. The van der Waals surface area contributed by atoms with Gasteiger partial charge in [0.2, 0.25) is 17.6 Å². The average Bonchev–Trinajstić information content (AvgIpc) is 3.31. The molecule has 1 aliphatic heterocycles. The Balaban J connectivity index is 1.49. The van der Waals surface area contributed by atoms with E-state index in [2.05, 4.69) is 10.1 Å². The number of nitrogens with zero attached hydrogens (tertiary/aromatic N) is 3. The van der Waals surface area contributed by atoms with Crippen molar-refractivity contribution in [3.63, 3.8) is 0 Å². The number of hydrogen-bond donors (Lipinski definition) is 0. The van der Waals surface area contributed by atoms with E-state index in [0.717, 1.165) is 5.56 Å². The normalized spacial score (nSPS) is 16.6. The van der Waals surface area contributed by atoms with Crippen LogP contribution in [0.2, 0.25) is 5.02 Å². The van der Waals surface area contributed by atoms with E-state index in [0.29, 0.717) is 29.6 Å². The Hall–Kier alpha value is -2.93. The highest BCUT2D eigenvalue weighted by Gasteiger charge is 2.34. The molecule has 1 amide bonds. The van der Waals surface area contributed by atoms with Crippen LogP contribution < -0.4 is 4.74 Å².